The molecule has 1 N–H and O–H groups in total. The Hall–Kier alpha value is -3.42. The number of anilines is 2. The molecular weight excluding hydrogens is 399 g/mol. The van der Waals surface area contributed by atoms with Crippen molar-refractivity contribution in [1.29, 1.82) is 0 Å². The van der Waals surface area contributed by atoms with Crippen molar-refractivity contribution in [2.75, 3.05) is 23.4 Å². The van der Waals surface area contributed by atoms with Crippen LogP contribution in [-0.4, -0.2) is 35.6 Å². The minimum atomic E-state index is -0.276. The van der Waals surface area contributed by atoms with Gasteiger partial charge in [0.25, 0.3) is 6.47 Å². The van der Waals surface area contributed by atoms with E-state index in [9.17, 15) is 9.18 Å². The average molecular weight is 422 g/mol. The monoisotopic (exact) mass is 422 g/mol. The van der Waals surface area contributed by atoms with Crippen molar-refractivity contribution in [3.8, 4) is 11.5 Å². The third-order valence-corrected chi connectivity index (χ3v) is 5.92. The van der Waals surface area contributed by atoms with Crippen LogP contribution in [0.2, 0.25) is 0 Å². The highest BCUT2D eigenvalue weighted by molar-refractivity contribution is 5.92. The second-order valence-corrected chi connectivity index (χ2v) is 7.96. The molecule has 3 aromatic rings. The van der Waals surface area contributed by atoms with E-state index in [-0.39, 0.29) is 17.9 Å². The molecule has 4 heterocycles. The summed E-state index contributed by atoms with van der Waals surface area (Å²) in [5, 5.41) is 3.42. The van der Waals surface area contributed by atoms with Gasteiger partial charge in [-0.2, -0.15) is 0 Å². The smallest absolute Gasteiger partial charge is 0.298 e. The van der Waals surface area contributed by atoms with Gasteiger partial charge in [-0.1, -0.05) is 0 Å². The number of pyridine rings is 2. The van der Waals surface area contributed by atoms with Crippen LogP contribution in [0.3, 0.4) is 0 Å². The van der Waals surface area contributed by atoms with Gasteiger partial charge >= 0.3 is 0 Å². The maximum atomic E-state index is 14.2. The van der Waals surface area contributed by atoms with Gasteiger partial charge in [0, 0.05) is 24.6 Å². The molecule has 31 heavy (non-hydrogen) atoms. The zero-order valence-electron chi connectivity index (χ0n) is 17.2. The van der Waals surface area contributed by atoms with Crippen LogP contribution in [0.5, 0.6) is 11.5 Å². The van der Waals surface area contributed by atoms with E-state index in [0.29, 0.717) is 47.7 Å². The summed E-state index contributed by atoms with van der Waals surface area (Å²) >= 11 is 0. The SMILES string of the molecule is C[C@@H]1CCOc2ccc(F)cc2[C@H]2CCCN2c2ccc3ncc(OC=O)c(c3n2)N1. The fourth-order valence-corrected chi connectivity index (χ4v) is 4.42. The Morgan fingerprint density at radius 2 is 2.19 bits per heavy atom. The van der Waals surface area contributed by atoms with E-state index in [4.69, 9.17) is 14.5 Å². The highest BCUT2D eigenvalue weighted by Crippen LogP contribution is 2.41. The zero-order valence-corrected chi connectivity index (χ0v) is 17.2. The van der Waals surface area contributed by atoms with E-state index in [0.717, 1.165) is 30.8 Å². The highest BCUT2D eigenvalue weighted by Gasteiger charge is 2.30. The van der Waals surface area contributed by atoms with Gasteiger partial charge in [-0.15, -0.1) is 0 Å². The highest BCUT2D eigenvalue weighted by atomic mass is 19.1. The Labute approximate surface area is 179 Å². The summed E-state index contributed by atoms with van der Waals surface area (Å²) in [6.45, 7) is 3.67. The van der Waals surface area contributed by atoms with Gasteiger partial charge in [0.1, 0.15) is 28.6 Å². The summed E-state index contributed by atoms with van der Waals surface area (Å²) < 4.78 is 25.4. The van der Waals surface area contributed by atoms with Gasteiger partial charge in [-0.05, 0) is 50.1 Å². The summed E-state index contributed by atoms with van der Waals surface area (Å²) in [5.41, 5.74) is 2.81. The molecule has 160 valence electrons. The number of carbonyl (C=O) groups excluding carboxylic acids is 1. The molecule has 2 atom stereocenters. The van der Waals surface area contributed by atoms with Crippen LogP contribution in [0.4, 0.5) is 15.9 Å². The van der Waals surface area contributed by atoms with Crippen LogP contribution in [0.15, 0.2) is 36.5 Å². The van der Waals surface area contributed by atoms with Gasteiger partial charge in [0.2, 0.25) is 0 Å². The summed E-state index contributed by atoms with van der Waals surface area (Å²) in [6, 6.07) is 8.54. The Bertz CT molecular complexity index is 1140. The van der Waals surface area contributed by atoms with E-state index < -0.39 is 0 Å². The Kier molecular flexibility index (Phi) is 5.05. The van der Waals surface area contributed by atoms with E-state index in [1.165, 1.54) is 12.3 Å². The molecule has 2 aliphatic rings. The molecule has 0 aliphatic carbocycles. The van der Waals surface area contributed by atoms with Crippen LogP contribution >= 0.6 is 0 Å². The lowest BCUT2D eigenvalue weighted by atomic mass is 10.0. The Balaban J connectivity index is 1.69. The second-order valence-electron chi connectivity index (χ2n) is 7.96. The Morgan fingerprint density at radius 1 is 1.29 bits per heavy atom. The molecular formula is C23H23FN4O3. The van der Waals surface area contributed by atoms with Crippen molar-refractivity contribution in [2.24, 2.45) is 0 Å². The molecule has 1 aromatic carbocycles. The van der Waals surface area contributed by atoms with Gasteiger partial charge in [0.15, 0.2) is 5.75 Å². The Morgan fingerprint density at radius 3 is 3.06 bits per heavy atom. The van der Waals surface area contributed by atoms with Gasteiger partial charge < -0.3 is 19.7 Å². The summed E-state index contributed by atoms with van der Waals surface area (Å²) in [5.74, 6) is 1.53. The number of ether oxygens (including phenoxy) is 2. The minimum absolute atomic E-state index is 0.00881. The number of halogens is 1. The number of hydrogen-bond donors (Lipinski definition) is 1. The van der Waals surface area contributed by atoms with Crippen LogP contribution in [0.1, 0.15) is 37.8 Å². The van der Waals surface area contributed by atoms with Gasteiger partial charge in [-0.25, -0.2) is 9.37 Å². The third-order valence-electron chi connectivity index (χ3n) is 5.92. The minimum Gasteiger partial charge on any atom is -0.493 e. The quantitative estimate of drug-likeness (QED) is 0.620. The summed E-state index contributed by atoms with van der Waals surface area (Å²) in [6.07, 6.45) is 4.07. The largest absolute Gasteiger partial charge is 0.493 e. The molecule has 1 saturated heterocycles. The van der Waals surface area contributed by atoms with E-state index in [2.05, 4.69) is 15.2 Å². The molecule has 1 fully saturated rings. The van der Waals surface area contributed by atoms with E-state index >= 15 is 0 Å². The molecule has 8 heteroatoms. The topological polar surface area (TPSA) is 76.6 Å². The number of rotatable bonds is 2. The number of nitrogens with zero attached hydrogens (tertiary/aromatic N) is 3. The number of aromatic nitrogens is 2. The molecule has 0 unspecified atom stereocenters. The first kappa shape index (κ1) is 19.5. The van der Waals surface area contributed by atoms with Gasteiger partial charge in [0.05, 0.1) is 24.4 Å². The van der Waals surface area contributed by atoms with Crippen molar-refractivity contribution < 1.29 is 18.7 Å². The standard InChI is InChI=1S/C23H23FN4O3/c1-14-8-10-30-19-6-4-15(24)11-16(19)18-3-2-9-28(18)21-7-5-17-22(27-21)23(26-14)20(12-25-17)31-13-29/h4-7,11-14,18,26H,2-3,8-10H2,1H3/t14-,18-/m1/s1. The lowest BCUT2D eigenvalue weighted by Crippen LogP contribution is -2.24. The fraction of sp³-hybridized carbons (Fsp3) is 0.348. The first-order valence-electron chi connectivity index (χ1n) is 10.5. The average Bonchev–Trinajstić information content (AvgIpc) is 3.25. The fourth-order valence-electron chi connectivity index (χ4n) is 4.42. The lowest BCUT2D eigenvalue weighted by molar-refractivity contribution is -0.120. The molecule has 2 aliphatic heterocycles. The van der Waals surface area contributed by atoms with Crippen molar-refractivity contribution in [3.05, 3.63) is 47.9 Å². The van der Waals surface area contributed by atoms with Crippen LogP contribution in [0, 0.1) is 5.82 Å². The van der Waals surface area contributed by atoms with Crippen LogP contribution in [0.25, 0.3) is 11.0 Å². The number of benzene rings is 1. The van der Waals surface area contributed by atoms with Crippen molar-refractivity contribution in [3.63, 3.8) is 0 Å². The van der Waals surface area contributed by atoms with Crippen molar-refractivity contribution >= 4 is 29.0 Å². The maximum Gasteiger partial charge on any atom is 0.298 e. The predicted octanol–water partition coefficient (Wildman–Crippen LogP) is 4.23. The molecule has 2 aromatic heterocycles. The van der Waals surface area contributed by atoms with Crippen molar-refractivity contribution in [1.82, 2.24) is 9.97 Å². The van der Waals surface area contributed by atoms with Crippen LogP contribution < -0.4 is 19.7 Å². The first-order valence-corrected chi connectivity index (χ1v) is 10.5. The molecule has 0 radical (unpaired) electrons. The molecule has 7 nitrogen and oxygen atoms in total. The number of carbonyl (C=O) groups is 1. The van der Waals surface area contributed by atoms with Crippen LogP contribution in [-0.2, 0) is 4.79 Å². The third kappa shape index (κ3) is 3.62. The van der Waals surface area contributed by atoms with Crippen molar-refractivity contribution in [2.45, 2.75) is 38.3 Å². The number of fused-ring (bicyclic) bond motifs is 5. The normalized spacial score (nSPS) is 20.5. The lowest BCUT2D eigenvalue weighted by Gasteiger charge is -2.28. The van der Waals surface area contributed by atoms with E-state index in [1.54, 1.807) is 12.1 Å². The predicted molar refractivity (Wildman–Crippen MR) is 115 cm³/mol. The number of hydrogen-bond acceptors (Lipinski definition) is 7. The molecule has 2 bridgehead atoms. The zero-order chi connectivity index (χ0) is 21.4. The molecule has 0 saturated carbocycles. The molecule has 0 amide bonds. The van der Waals surface area contributed by atoms with Gasteiger partial charge in [-0.3, -0.25) is 9.78 Å². The number of nitrogens with one attached hydrogen (secondary N) is 1. The van der Waals surface area contributed by atoms with E-state index in [1.807, 2.05) is 19.1 Å². The maximum absolute atomic E-state index is 14.2. The molecule has 0 spiro atoms. The second kappa shape index (κ2) is 8.02. The first-order chi connectivity index (χ1) is 15.1. The molecule has 5 rings (SSSR count). The summed E-state index contributed by atoms with van der Waals surface area (Å²) in [4.78, 5) is 22.5. The summed E-state index contributed by atoms with van der Waals surface area (Å²) in [7, 11) is 0.